The molecule has 100 valence electrons. The van der Waals surface area contributed by atoms with E-state index in [0.717, 1.165) is 5.56 Å². The molecule has 0 aromatic heterocycles. The fourth-order valence-electron chi connectivity index (χ4n) is 1.36. The molecule has 1 unspecified atom stereocenters. The zero-order valence-electron chi connectivity index (χ0n) is 10.4. The summed E-state index contributed by atoms with van der Waals surface area (Å²) in [5.41, 5.74) is 1.15. The van der Waals surface area contributed by atoms with Crippen molar-refractivity contribution < 1.29 is 19.0 Å². The van der Waals surface area contributed by atoms with E-state index in [1.807, 2.05) is 0 Å². The number of nitrogens with one attached hydrogen (secondary N) is 2. The van der Waals surface area contributed by atoms with Crippen molar-refractivity contribution in [3.8, 4) is 0 Å². The molecule has 1 aromatic rings. The molecular weight excluding hydrogens is 239 g/mol. The summed E-state index contributed by atoms with van der Waals surface area (Å²) in [5, 5.41) is 14.3. The Kier molecular flexibility index (Phi) is 5.54. The quantitative estimate of drug-likeness (QED) is 0.743. The van der Waals surface area contributed by atoms with Gasteiger partial charge in [0, 0.05) is 19.3 Å². The van der Waals surface area contributed by atoms with E-state index in [1.54, 1.807) is 13.0 Å². The van der Waals surface area contributed by atoms with Crippen LogP contribution in [0.1, 0.15) is 5.56 Å². The van der Waals surface area contributed by atoms with Gasteiger partial charge in [-0.05, 0) is 24.6 Å². The van der Waals surface area contributed by atoms with E-state index in [-0.39, 0.29) is 13.2 Å². The standard InChI is InChI=1S/C12H17FN2O3/c1-8-3-4-9(13)5-11(8)15-12(17)14-6-10(16)7-18-2/h3-5,10,16H,6-7H2,1-2H3,(H2,14,15,17). The lowest BCUT2D eigenvalue weighted by atomic mass is 10.2. The number of anilines is 1. The summed E-state index contributed by atoms with van der Waals surface area (Å²) in [7, 11) is 1.46. The van der Waals surface area contributed by atoms with Crippen molar-refractivity contribution in [1.29, 1.82) is 0 Å². The number of hydrogen-bond acceptors (Lipinski definition) is 3. The molecule has 0 aliphatic carbocycles. The van der Waals surface area contributed by atoms with Gasteiger partial charge in [0.15, 0.2) is 0 Å². The lowest BCUT2D eigenvalue weighted by Gasteiger charge is -2.12. The molecule has 1 aromatic carbocycles. The maximum Gasteiger partial charge on any atom is 0.319 e. The van der Waals surface area contributed by atoms with Gasteiger partial charge >= 0.3 is 6.03 Å². The summed E-state index contributed by atoms with van der Waals surface area (Å²) in [6.45, 7) is 1.96. The second-order valence-corrected chi connectivity index (χ2v) is 3.90. The first-order valence-electron chi connectivity index (χ1n) is 5.51. The van der Waals surface area contributed by atoms with Crippen LogP contribution in [0.15, 0.2) is 18.2 Å². The van der Waals surface area contributed by atoms with Gasteiger partial charge in [0.05, 0.1) is 12.7 Å². The van der Waals surface area contributed by atoms with Crippen LogP contribution >= 0.6 is 0 Å². The summed E-state index contributed by atoms with van der Waals surface area (Å²) in [5.74, 6) is -0.421. The molecule has 0 saturated carbocycles. The number of aliphatic hydroxyl groups excluding tert-OH is 1. The lowest BCUT2D eigenvalue weighted by Crippen LogP contribution is -2.37. The van der Waals surface area contributed by atoms with Crippen molar-refractivity contribution in [3.63, 3.8) is 0 Å². The molecule has 0 spiro atoms. The number of aliphatic hydroxyl groups is 1. The van der Waals surface area contributed by atoms with Gasteiger partial charge in [-0.3, -0.25) is 0 Å². The number of aryl methyl sites for hydroxylation is 1. The Morgan fingerprint density at radius 1 is 1.56 bits per heavy atom. The van der Waals surface area contributed by atoms with Gasteiger partial charge in [0.2, 0.25) is 0 Å². The number of rotatable bonds is 5. The maximum absolute atomic E-state index is 13.0. The van der Waals surface area contributed by atoms with E-state index in [2.05, 4.69) is 10.6 Å². The van der Waals surface area contributed by atoms with E-state index >= 15 is 0 Å². The van der Waals surface area contributed by atoms with Crippen LogP contribution in [0.5, 0.6) is 0 Å². The van der Waals surface area contributed by atoms with Crippen molar-refractivity contribution in [3.05, 3.63) is 29.6 Å². The molecule has 0 aliphatic heterocycles. The molecular formula is C12H17FN2O3. The minimum atomic E-state index is -0.769. The number of ether oxygens (including phenoxy) is 1. The van der Waals surface area contributed by atoms with Crippen LogP contribution in [0.2, 0.25) is 0 Å². The van der Waals surface area contributed by atoms with Crippen LogP contribution in [0, 0.1) is 12.7 Å². The van der Waals surface area contributed by atoms with Gasteiger partial charge < -0.3 is 20.5 Å². The van der Waals surface area contributed by atoms with Crippen molar-refractivity contribution in [2.45, 2.75) is 13.0 Å². The van der Waals surface area contributed by atoms with E-state index in [4.69, 9.17) is 4.74 Å². The first-order chi connectivity index (χ1) is 8.52. The lowest BCUT2D eigenvalue weighted by molar-refractivity contribution is 0.0663. The topological polar surface area (TPSA) is 70.6 Å². The molecule has 18 heavy (non-hydrogen) atoms. The van der Waals surface area contributed by atoms with Crippen molar-refractivity contribution in [1.82, 2.24) is 5.32 Å². The van der Waals surface area contributed by atoms with Gasteiger partial charge in [-0.1, -0.05) is 6.07 Å². The van der Waals surface area contributed by atoms with Crippen LogP contribution in [-0.4, -0.2) is 37.5 Å². The molecule has 0 bridgehead atoms. The zero-order chi connectivity index (χ0) is 13.5. The number of carbonyl (C=O) groups is 1. The average molecular weight is 256 g/mol. The average Bonchev–Trinajstić information content (AvgIpc) is 2.32. The van der Waals surface area contributed by atoms with E-state index in [1.165, 1.54) is 19.2 Å². The Morgan fingerprint density at radius 2 is 2.28 bits per heavy atom. The molecule has 0 saturated heterocycles. The molecule has 6 heteroatoms. The maximum atomic E-state index is 13.0. The monoisotopic (exact) mass is 256 g/mol. The highest BCUT2D eigenvalue weighted by Crippen LogP contribution is 2.15. The third kappa shape index (κ3) is 4.68. The molecule has 1 rings (SSSR count). The molecule has 0 aliphatic rings. The first kappa shape index (κ1) is 14.4. The highest BCUT2D eigenvalue weighted by Gasteiger charge is 2.08. The van der Waals surface area contributed by atoms with Gasteiger partial charge in [-0.25, -0.2) is 9.18 Å². The Balaban J connectivity index is 2.47. The van der Waals surface area contributed by atoms with Crippen LogP contribution in [0.4, 0.5) is 14.9 Å². The number of hydrogen-bond donors (Lipinski definition) is 3. The molecule has 1 atom stereocenters. The zero-order valence-corrected chi connectivity index (χ0v) is 10.4. The van der Waals surface area contributed by atoms with Crippen LogP contribution in [0.25, 0.3) is 0 Å². The Labute approximate surface area is 105 Å². The summed E-state index contributed by atoms with van der Waals surface area (Å²) in [6, 6.07) is 3.63. The highest BCUT2D eigenvalue weighted by molar-refractivity contribution is 5.90. The molecule has 0 fully saturated rings. The Morgan fingerprint density at radius 3 is 2.94 bits per heavy atom. The highest BCUT2D eigenvalue weighted by atomic mass is 19.1. The smallest absolute Gasteiger partial charge is 0.319 e. The number of amides is 2. The molecule has 5 nitrogen and oxygen atoms in total. The van der Waals surface area contributed by atoms with Gasteiger partial charge in [0.25, 0.3) is 0 Å². The number of benzene rings is 1. The molecule has 2 amide bonds. The summed E-state index contributed by atoms with van der Waals surface area (Å²) in [4.78, 5) is 11.5. The van der Waals surface area contributed by atoms with E-state index < -0.39 is 18.0 Å². The first-order valence-corrected chi connectivity index (χ1v) is 5.51. The number of methoxy groups -OCH3 is 1. The number of carbonyl (C=O) groups excluding carboxylic acids is 1. The Hall–Kier alpha value is -1.66. The number of urea groups is 1. The van der Waals surface area contributed by atoms with Gasteiger partial charge in [-0.15, -0.1) is 0 Å². The predicted octanol–water partition coefficient (Wildman–Crippen LogP) is 1.26. The van der Waals surface area contributed by atoms with Crippen molar-refractivity contribution in [2.75, 3.05) is 25.6 Å². The Bertz CT molecular complexity index is 412. The van der Waals surface area contributed by atoms with Crippen LogP contribution in [0.3, 0.4) is 0 Å². The van der Waals surface area contributed by atoms with Crippen molar-refractivity contribution >= 4 is 11.7 Å². The second-order valence-electron chi connectivity index (χ2n) is 3.90. The summed E-state index contributed by atoms with van der Waals surface area (Å²) >= 11 is 0. The predicted molar refractivity (Wildman–Crippen MR) is 66.0 cm³/mol. The third-order valence-electron chi connectivity index (χ3n) is 2.31. The van der Waals surface area contributed by atoms with E-state index in [0.29, 0.717) is 5.69 Å². The van der Waals surface area contributed by atoms with Crippen molar-refractivity contribution in [2.24, 2.45) is 0 Å². The van der Waals surface area contributed by atoms with Gasteiger partial charge in [-0.2, -0.15) is 0 Å². The third-order valence-corrected chi connectivity index (χ3v) is 2.31. The minimum absolute atomic E-state index is 0.0635. The minimum Gasteiger partial charge on any atom is -0.389 e. The second kappa shape index (κ2) is 6.93. The largest absolute Gasteiger partial charge is 0.389 e. The summed E-state index contributed by atoms with van der Waals surface area (Å²) < 4.78 is 17.7. The summed E-state index contributed by atoms with van der Waals surface area (Å²) in [6.07, 6.45) is -0.769. The number of halogens is 1. The SMILES string of the molecule is COCC(O)CNC(=O)Nc1cc(F)ccc1C. The molecule has 0 radical (unpaired) electrons. The normalized spacial score (nSPS) is 12.0. The van der Waals surface area contributed by atoms with Gasteiger partial charge in [0.1, 0.15) is 5.82 Å². The fraction of sp³-hybridized carbons (Fsp3) is 0.417. The van der Waals surface area contributed by atoms with Crippen LogP contribution in [-0.2, 0) is 4.74 Å². The van der Waals surface area contributed by atoms with E-state index in [9.17, 15) is 14.3 Å². The molecule has 3 N–H and O–H groups in total. The molecule has 0 heterocycles. The fourth-order valence-corrected chi connectivity index (χ4v) is 1.36. The van der Waals surface area contributed by atoms with Crippen LogP contribution < -0.4 is 10.6 Å².